The minimum absolute atomic E-state index is 0.000506. The Morgan fingerprint density at radius 2 is 1.71 bits per heavy atom. The van der Waals surface area contributed by atoms with Gasteiger partial charge < -0.3 is 5.11 Å². The van der Waals surface area contributed by atoms with Crippen LogP contribution in [0.1, 0.15) is 16.1 Å². The van der Waals surface area contributed by atoms with Crippen LogP contribution in [-0.2, 0) is 0 Å². The normalized spacial score (nSPS) is 11.0. The summed E-state index contributed by atoms with van der Waals surface area (Å²) < 4.78 is 30.2. The highest BCUT2D eigenvalue weighted by atomic mass is 35.5. The molecular weight excluding hydrogens is 445 g/mol. The van der Waals surface area contributed by atoms with E-state index in [1.54, 1.807) is 24.3 Å². The van der Waals surface area contributed by atoms with Crippen LogP contribution in [0.15, 0.2) is 60.7 Å². The first kappa shape index (κ1) is 21.0. The summed E-state index contributed by atoms with van der Waals surface area (Å²) in [6.45, 7) is 1.87. The maximum Gasteiger partial charge on any atom is 0.356 e. The number of carboxylic acids is 1. The molecule has 4 rings (SSSR count). The Bertz CT molecular complexity index is 1340. The van der Waals surface area contributed by atoms with Crippen molar-refractivity contribution in [2.75, 3.05) is 0 Å². The molecule has 156 valence electrons. The van der Waals surface area contributed by atoms with Crippen LogP contribution in [0.5, 0.6) is 0 Å². The summed E-state index contributed by atoms with van der Waals surface area (Å²) in [5, 5.41) is 9.52. The average Bonchev–Trinajstić information content (AvgIpc) is 3.13. The quantitative estimate of drug-likeness (QED) is 0.365. The number of rotatable bonds is 4. The van der Waals surface area contributed by atoms with Crippen molar-refractivity contribution in [3.05, 3.63) is 93.6 Å². The Morgan fingerprint density at radius 1 is 0.968 bits per heavy atom. The molecule has 0 atom stereocenters. The molecule has 0 spiro atoms. The number of carbonyl (C=O) groups is 1. The molecule has 0 aliphatic carbocycles. The van der Waals surface area contributed by atoms with Crippen LogP contribution in [0.4, 0.5) is 8.78 Å². The van der Waals surface area contributed by atoms with E-state index in [0.29, 0.717) is 5.56 Å². The van der Waals surface area contributed by atoms with Crippen molar-refractivity contribution in [2.24, 2.45) is 0 Å². The fourth-order valence-electron chi connectivity index (χ4n) is 3.36. The molecule has 0 aliphatic rings. The van der Waals surface area contributed by atoms with Crippen LogP contribution in [0.3, 0.4) is 0 Å². The van der Waals surface area contributed by atoms with Gasteiger partial charge in [-0.1, -0.05) is 53.0 Å². The second kappa shape index (κ2) is 8.13. The van der Waals surface area contributed by atoms with E-state index >= 15 is 4.39 Å². The molecule has 1 aromatic heterocycles. The first-order valence-electron chi connectivity index (χ1n) is 9.11. The van der Waals surface area contributed by atoms with Crippen molar-refractivity contribution in [1.29, 1.82) is 0 Å². The van der Waals surface area contributed by atoms with Crippen LogP contribution in [-0.4, -0.2) is 20.6 Å². The van der Waals surface area contributed by atoms with Crippen LogP contribution in [0.2, 0.25) is 10.0 Å². The third kappa shape index (κ3) is 3.80. The van der Waals surface area contributed by atoms with Crippen LogP contribution in [0.25, 0.3) is 28.3 Å². The van der Waals surface area contributed by atoms with Gasteiger partial charge in [0.15, 0.2) is 11.5 Å². The molecule has 4 nitrogen and oxygen atoms in total. The number of benzene rings is 3. The van der Waals surface area contributed by atoms with Crippen molar-refractivity contribution >= 4 is 29.2 Å². The zero-order valence-electron chi connectivity index (χ0n) is 16.0. The lowest BCUT2D eigenvalue weighted by atomic mass is 10.1. The minimum atomic E-state index is -1.33. The molecule has 8 heteroatoms. The Morgan fingerprint density at radius 3 is 2.39 bits per heavy atom. The zero-order valence-corrected chi connectivity index (χ0v) is 17.5. The Kier molecular flexibility index (Phi) is 5.52. The number of aromatic carboxylic acids is 1. The molecule has 0 saturated carbocycles. The summed E-state index contributed by atoms with van der Waals surface area (Å²) in [4.78, 5) is 16.4. The Labute approximate surface area is 186 Å². The number of aromatic nitrogens is 2. The number of imidazole rings is 1. The Balaban J connectivity index is 2.15. The summed E-state index contributed by atoms with van der Waals surface area (Å²) in [6, 6.07) is 15.3. The van der Waals surface area contributed by atoms with E-state index in [9.17, 15) is 14.3 Å². The largest absolute Gasteiger partial charge is 0.476 e. The molecule has 31 heavy (non-hydrogen) atoms. The van der Waals surface area contributed by atoms with E-state index in [2.05, 4.69) is 4.98 Å². The van der Waals surface area contributed by atoms with Gasteiger partial charge in [0.1, 0.15) is 11.6 Å². The van der Waals surface area contributed by atoms with E-state index < -0.39 is 17.6 Å². The van der Waals surface area contributed by atoms with Gasteiger partial charge in [0, 0.05) is 11.1 Å². The van der Waals surface area contributed by atoms with Gasteiger partial charge >= 0.3 is 5.97 Å². The second-order valence-electron chi connectivity index (χ2n) is 6.84. The second-order valence-corrected chi connectivity index (χ2v) is 7.66. The monoisotopic (exact) mass is 458 g/mol. The van der Waals surface area contributed by atoms with Gasteiger partial charge in [0.2, 0.25) is 0 Å². The predicted octanol–water partition coefficient (Wildman–Crippen LogP) is 6.80. The molecule has 0 bridgehead atoms. The van der Waals surface area contributed by atoms with Crippen LogP contribution < -0.4 is 0 Å². The lowest BCUT2D eigenvalue weighted by Crippen LogP contribution is -2.05. The number of hydrogen-bond acceptors (Lipinski definition) is 2. The summed E-state index contributed by atoms with van der Waals surface area (Å²) in [6.07, 6.45) is 0. The van der Waals surface area contributed by atoms with Crippen molar-refractivity contribution in [2.45, 2.75) is 6.92 Å². The lowest BCUT2D eigenvalue weighted by molar-refractivity contribution is 0.0692. The van der Waals surface area contributed by atoms with E-state index in [-0.39, 0.29) is 38.5 Å². The molecule has 3 aromatic carbocycles. The fourth-order valence-corrected chi connectivity index (χ4v) is 3.71. The number of aryl methyl sites for hydroxylation is 1. The third-order valence-electron chi connectivity index (χ3n) is 4.72. The van der Waals surface area contributed by atoms with Gasteiger partial charge in [0.25, 0.3) is 0 Å². The van der Waals surface area contributed by atoms with Gasteiger partial charge in [-0.25, -0.2) is 18.6 Å². The summed E-state index contributed by atoms with van der Waals surface area (Å²) in [5.41, 5.74) is 1.45. The molecular formula is C23H14Cl2F2N2O2. The highest BCUT2D eigenvalue weighted by Gasteiger charge is 2.27. The SMILES string of the molecule is Cc1cccc(-c2nc(C(=O)O)c(-c3ccc(F)c(Cl)c3)n2-c2cccc(Cl)c2F)c1. The summed E-state index contributed by atoms with van der Waals surface area (Å²) in [7, 11) is 0. The summed E-state index contributed by atoms with van der Waals surface area (Å²) in [5.74, 6) is -2.55. The van der Waals surface area contributed by atoms with Gasteiger partial charge in [-0.05, 0) is 43.3 Å². The van der Waals surface area contributed by atoms with E-state index in [4.69, 9.17) is 23.2 Å². The molecule has 0 unspecified atom stereocenters. The molecule has 0 fully saturated rings. The number of carboxylic acid groups (broad SMARTS) is 1. The van der Waals surface area contributed by atoms with Gasteiger partial charge in [-0.2, -0.15) is 0 Å². The van der Waals surface area contributed by atoms with Crippen LogP contribution in [0, 0.1) is 18.6 Å². The van der Waals surface area contributed by atoms with Crippen molar-refractivity contribution in [1.82, 2.24) is 9.55 Å². The van der Waals surface area contributed by atoms with E-state index in [1.807, 2.05) is 13.0 Å². The molecule has 1 N–H and O–H groups in total. The fraction of sp³-hybridized carbons (Fsp3) is 0.0435. The topological polar surface area (TPSA) is 55.1 Å². The first-order chi connectivity index (χ1) is 14.8. The standard InChI is InChI=1S/C23H14Cl2F2N2O2/c1-12-4-2-5-14(10-12)22-28-20(23(30)31)21(13-8-9-17(26)16(25)11-13)29(22)18-7-3-6-15(24)19(18)27/h2-11H,1H3,(H,30,31). The first-order valence-corrected chi connectivity index (χ1v) is 9.86. The highest BCUT2D eigenvalue weighted by molar-refractivity contribution is 6.31. The maximum atomic E-state index is 15.1. The van der Waals surface area contributed by atoms with Gasteiger partial charge in [-0.15, -0.1) is 0 Å². The molecule has 1 heterocycles. The van der Waals surface area contributed by atoms with Gasteiger partial charge in [-0.3, -0.25) is 4.57 Å². The zero-order chi connectivity index (χ0) is 22.3. The van der Waals surface area contributed by atoms with Crippen molar-refractivity contribution in [3.8, 4) is 28.3 Å². The minimum Gasteiger partial charge on any atom is -0.476 e. The maximum absolute atomic E-state index is 15.1. The van der Waals surface area contributed by atoms with E-state index in [1.165, 1.54) is 28.8 Å². The molecule has 0 amide bonds. The van der Waals surface area contributed by atoms with Crippen molar-refractivity contribution in [3.63, 3.8) is 0 Å². The molecule has 4 aromatic rings. The average molecular weight is 459 g/mol. The number of nitrogens with zero attached hydrogens (tertiary/aromatic N) is 2. The third-order valence-corrected chi connectivity index (χ3v) is 5.30. The molecule has 0 saturated heterocycles. The van der Waals surface area contributed by atoms with Crippen molar-refractivity contribution < 1.29 is 18.7 Å². The smallest absolute Gasteiger partial charge is 0.356 e. The lowest BCUT2D eigenvalue weighted by Gasteiger charge is -2.15. The Hall–Kier alpha value is -3.22. The molecule has 0 aliphatic heterocycles. The van der Waals surface area contributed by atoms with E-state index in [0.717, 1.165) is 11.6 Å². The predicted molar refractivity (Wildman–Crippen MR) is 116 cm³/mol. The van der Waals surface area contributed by atoms with Gasteiger partial charge in [0.05, 0.1) is 21.4 Å². The highest BCUT2D eigenvalue weighted by Crippen LogP contribution is 2.37. The number of halogens is 4. The number of hydrogen-bond donors (Lipinski definition) is 1. The van der Waals surface area contributed by atoms with Crippen LogP contribution >= 0.6 is 23.2 Å². The summed E-state index contributed by atoms with van der Waals surface area (Å²) >= 11 is 12.0. The molecule has 0 radical (unpaired) electrons.